The third-order valence-corrected chi connectivity index (χ3v) is 2.25. The molecule has 1 heterocycles. The summed E-state index contributed by atoms with van der Waals surface area (Å²) in [6.07, 6.45) is 0. The van der Waals surface area contributed by atoms with Crippen LogP contribution in [0.25, 0.3) is 5.69 Å². The highest BCUT2D eigenvalue weighted by atomic mass is 19.1. The minimum atomic E-state index is -0.889. The minimum absolute atomic E-state index is 0.0769. The quantitative estimate of drug-likeness (QED) is 0.589. The number of nitrogens with zero attached hydrogens (tertiary/aromatic N) is 4. The summed E-state index contributed by atoms with van der Waals surface area (Å²) in [5.41, 5.74) is -0.520. The first-order chi connectivity index (χ1) is 8.00. The highest BCUT2D eigenvalue weighted by Crippen LogP contribution is 2.26. The summed E-state index contributed by atoms with van der Waals surface area (Å²) in [5.74, 6) is 0.0531. The van der Waals surface area contributed by atoms with Crippen LogP contribution in [0.4, 0.5) is 10.1 Å². The molecule has 0 N–H and O–H groups in total. The number of hydrogen-bond donors (Lipinski definition) is 0. The van der Waals surface area contributed by atoms with Crippen molar-refractivity contribution in [2.45, 2.75) is 13.8 Å². The van der Waals surface area contributed by atoms with E-state index in [2.05, 4.69) is 10.1 Å². The van der Waals surface area contributed by atoms with E-state index in [1.165, 1.54) is 16.8 Å². The van der Waals surface area contributed by atoms with Crippen LogP contribution in [0.5, 0.6) is 0 Å². The van der Waals surface area contributed by atoms with Crippen LogP contribution in [0, 0.1) is 29.8 Å². The van der Waals surface area contributed by atoms with Crippen molar-refractivity contribution < 1.29 is 9.31 Å². The van der Waals surface area contributed by atoms with E-state index < -0.39 is 16.4 Å². The monoisotopic (exact) mass is 236 g/mol. The number of benzene rings is 1. The summed E-state index contributed by atoms with van der Waals surface area (Å²) in [6, 6.07) is 3.87. The van der Waals surface area contributed by atoms with Gasteiger partial charge in [0.1, 0.15) is 17.3 Å². The second-order valence-electron chi connectivity index (χ2n) is 3.48. The Hall–Kier alpha value is -2.31. The average molecular weight is 236 g/mol. The van der Waals surface area contributed by atoms with E-state index in [0.717, 1.165) is 6.07 Å². The van der Waals surface area contributed by atoms with Crippen molar-refractivity contribution in [1.82, 2.24) is 14.8 Å². The van der Waals surface area contributed by atoms with E-state index in [9.17, 15) is 14.5 Å². The molecule has 2 rings (SSSR count). The number of para-hydroxylation sites is 1. The molecule has 0 saturated carbocycles. The fourth-order valence-corrected chi connectivity index (χ4v) is 1.60. The Morgan fingerprint density at radius 1 is 1.41 bits per heavy atom. The van der Waals surface area contributed by atoms with E-state index in [0.29, 0.717) is 11.6 Å². The van der Waals surface area contributed by atoms with Crippen molar-refractivity contribution in [1.29, 1.82) is 0 Å². The zero-order valence-electron chi connectivity index (χ0n) is 9.22. The molecule has 0 amide bonds. The largest absolute Gasteiger partial charge is 0.330 e. The lowest BCUT2D eigenvalue weighted by Crippen LogP contribution is -2.05. The van der Waals surface area contributed by atoms with Crippen LogP contribution in [0.15, 0.2) is 18.2 Å². The van der Waals surface area contributed by atoms with Gasteiger partial charge in [0, 0.05) is 0 Å². The van der Waals surface area contributed by atoms with Gasteiger partial charge in [0.2, 0.25) is 5.82 Å². The molecule has 1 aromatic carbocycles. The van der Waals surface area contributed by atoms with E-state index in [1.54, 1.807) is 13.8 Å². The van der Waals surface area contributed by atoms with Crippen molar-refractivity contribution in [2.75, 3.05) is 0 Å². The van der Waals surface area contributed by atoms with Crippen LogP contribution < -0.4 is 0 Å². The maximum Gasteiger partial charge on any atom is 0.330 e. The van der Waals surface area contributed by atoms with Crippen molar-refractivity contribution in [3.63, 3.8) is 0 Å². The van der Waals surface area contributed by atoms with Gasteiger partial charge in [-0.2, -0.15) is 9.49 Å². The van der Waals surface area contributed by atoms with Crippen LogP contribution in [0.3, 0.4) is 0 Å². The Kier molecular flexibility index (Phi) is 2.58. The van der Waals surface area contributed by atoms with Gasteiger partial charge in [0.25, 0.3) is 0 Å². The summed E-state index contributed by atoms with van der Waals surface area (Å²) in [6.45, 7) is 3.31. The Morgan fingerprint density at radius 2 is 2.12 bits per heavy atom. The molecule has 17 heavy (non-hydrogen) atoms. The molecule has 0 aliphatic rings. The number of nitro benzene ring substituents is 1. The van der Waals surface area contributed by atoms with E-state index >= 15 is 0 Å². The summed E-state index contributed by atoms with van der Waals surface area (Å²) in [5, 5.41) is 14.8. The molecule has 0 radical (unpaired) electrons. The third kappa shape index (κ3) is 1.86. The van der Waals surface area contributed by atoms with Gasteiger partial charge in [-0.1, -0.05) is 6.07 Å². The van der Waals surface area contributed by atoms with Gasteiger partial charge in [-0.25, -0.2) is 9.67 Å². The predicted octanol–water partition coefficient (Wildman–Crippen LogP) is 1.93. The molecule has 88 valence electrons. The Balaban J connectivity index is 2.71. The predicted molar refractivity (Wildman–Crippen MR) is 57.4 cm³/mol. The Labute approximate surface area is 95.9 Å². The van der Waals surface area contributed by atoms with Crippen molar-refractivity contribution in [3.8, 4) is 5.69 Å². The first-order valence-electron chi connectivity index (χ1n) is 4.84. The van der Waals surface area contributed by atoms with Crippen molar-refractivity contribution >= 4 is 5.69 Å². The molecular weight excluding hydrogens is 227 g/mol. The molecular formula is C10H9FN4O2. The molecule has 2 aromatic rings. The molecule has 0 spiro atoms. The first-order valence-corrected chi connectivity index (χ1v) is 4.84. The topological polar surface area (TPSA) is 73.8 Å². The number of halogens is 1. The molecule has 1 aromatic heterocycles. The SMILES string of the molecule is Cc1nc(C)n(-c2cccc(F)c2[N+](=O)[O-])n1. The molecule has 0 aliphatic carbocycles. The lowest BCUT2D eigenvalue weighted by molar-refractivity contribution is -0.387. The Bertz CT molecular complexity index is 594. The van der Waals surface area contributed by atoms with E-state index in [-0.39, 0.29) is 5.69 Å². The number of rotatable bonds is 2. The molecule has 0 fully saturated rings. The van der Waals surface area contributed by atoms with Gasteiger partial charge in [0.05, 0.1) is 4.92 Å². The minimum Gasteiger partial charge on any atom is -0.258 e. The van der Waals surface area contributed by atoms with Crippen LogP contribution in [0.1, 0.15) is 11.6 Å². The lowest BCUT2D eigenvalue weighted by Gasteiger charge is -2.04. The Morgan fingerprint density at radius 3 is 2.65 bits per heavy atom. The van der Waals surface area contributed by atoms with Crippen LogP contribution in [-0.2, 0) is 0 Å². The summed E-state index contributed by atoms with van der Waals surface area (Å²) in [7, 11) is 0. The fraction of sp³-hybridized carbons (Fsp3) is 0.200. The zero-order valence-corrected chi connectivity index (χ0v) is 9.22. The fourth-order valence-electron chi connectivity index (χ4n) is 1.60. The second-order valence-corrected chi connectivity index (χ2v) is 3.48. The number of nitro groups is 1. The van der Waals surface area contributed by atoms with Crippen LogP contribution in [-0.4, -0.2) is 19.7 Å². The zero-order chi connectivity index (χ0) is 12.6. The number of aromatic nitrogens is 3. The third-order valence-electron chi connectivity index (χ3n) is 2.25. The highest BCUT2D eigenvalue weighted by molar-refractivity contribution is 5.53. The molecule has 0 unspecified atom stereocenters. The van der Waals surface area contributed by atoms with E-state index in [1.807, 2.05) is 0 Å². The number of aryl methyl sites for hydroxylation is 2. The first kappa shape index (κ1) is 11.2. The van der Waals surface area contributed by atoms with Gasteiger partial charge in [0.15, 0.2) is 0 Å². The molecule has 0 saturated heterocycles. The summed E-state index contributed by atoms with van der Waals surface area (Å²) >= 11 is 0. The van der Waals surface area contributed by atoms with Crippen LogP contribution >= 0.6 is 0 Å². The van der Waals surface area contributed by atoms with Gasteiger partial charge < -0.3 is 0 Å². The van der Waals surface area contributed by atoms with Gasteiger partial charge in [-0.3, -0.25) is 10.1 Å². The smallest absolute Gasteiger partial charge is 0.258 e. The van der Waals surface area contributed by atoms with Crippen LogP contribution in [0.2, 0.25) is 0 Å². The lowest BCUT2D eigenvalue weighted by atomic mass is 10.2. The maximum atomic E-state index is 13.4. The van der Waals surface area contributed by atoms with E-state index in [4.69, 9.17) is 0 Å². The van der Waals surface area contributed by atoms with Gasteiger partial charge >= 0.3 is 5.69 Å². The normalized spacial score (nSPS) is 10.5. The van der Waals surface area contributed by atoms with Crippen molar-refractivity contribution in [3.05, 3.63) is 45.8 Å². The number of hydrogen-bond acceptors (Lipinski definition) is 4. The van der Waals surface area contributed by atoms with Gasteiger partial charge in [-0.05, 0) is 26.0 Å². The molecule has 0 aliphatic heterocycles. The highest BCUT2D eigenvalue weighted by Gasteiger charge is 2.22. The molecule has 7 heteroatoms. The summed E-state index contributed by atoms with van der Waals surface area (Å²) < 4.78 is 14.7. The van der Waals surface area contributed by atoms with Gasteiger partial charge in [-0.15, -0.1) is 0 Å². The second kappa shape index (κ2) is 3.93. The molecule has 0 bridgehead atoms. The maximum absolute atomic E-state index is 13.4. The standard InChI is InChI=1S/C10H9FN4O2/c1-6-12-7(2)14(13-6)9-5-3-4-8(11)10(9)15(16)17/h3-5H,1-2H3. The van der Waals surface area contributed by atoms with Crippen molar-refractivity contribution in [2.24, 2.45) is 0 Å². The molecule has 0 atom stereocenters. The summed E-state index contributed by atoms with van der Waals surface area (Å²) in [4.78, 5) is 14.1. The average Bonchev–Trinajstić information content (AvgIpc) is 2.56. The molecule has 6 nitrogen and oxygen atoms in total.